The van der Waals surface area contributed by atoms with Gasteiger partial charge < -0.3 is 20.5 Å². The third-order valence-corrected chi connectivity index (χ3v) is 5.60. The molecular weight excluding hydrogens is 432 g/mol. The molecule has 0 spiro atoms. The van der Waals surface area contributed by atoms with E-state index in [4.69, 9.17) is 5.11 Å². The summed E-state index contributed by atoms with van der Waals surface area (Å²) < 4.78 is 0. The number of nitrogens with zero attached hydrogens (tertiary/aromatic N) is 2. The summed E-state index contributed by atoms with van der Waals surface area (Å²) in [5.74, 6) is -3.38. The van der Waals surface area contributed by atoms with E-state index in [0.717, 1.165) is 10.6 Å². The highest BCUT2D eigenvalue weighted by molar-refractivity contribution is 5.99. The van der Waals surface area contributed by atoms with Gasteiger partial charge in [0.25, 0.3) is 5.91 Å². The maximum absolute atomic E-state index is 13.1. The largest absolute Gasteiger partial charge is 0.481 e. The first-order valence-electron chi connectivity index (χ1n) is 10.7. The van der Waals surface area contributed by atoms with Gasteiger partial charge in [0.15, 0.2) is 0 Å². The Hall–Kier alpha value is -3.76. The summed E-state index contributed by atoms with van der Waals surface area (Å²) in [6, 6.07) is 5.90. The molecule has 3 rings (SSSR count). The maximum Gasteiger partial charge on any atom is 0.305 e. The summed E-state index contributed by atoms with van der Waals surface area (Å²) in [5.41, 5.74) is 0.962. The number of carbonyl (C=O) groups is 6. The third-order valence-electron chi connectivity index (χ3n) is 5.60. The number of aliphatic carboxylic acids is 1. The van der Waals surface area contributed by atoms with Gasteiger partial charge in [-0.1, -0.05) is 30.3 Å². The van der Waals surface area contributed by atoms with Crippen LogP contribution in [0.2, 0.25) is 0 Å². The van der Waals surface area contributed by atoms with Crippen molar-refractivity contribution in [2.24, 2.45) is 0 Å². The molecule has 0 bridgehead atoms. The first-order chi connectivity index (χ1) is 15.8. The molecule has 0 radical (unpaired) electrons. The predicted molar refractivity (Wildman–Crippen MR) is 113 cm³/mol. The number of hydrogen-bond donors (Lipinski definition) is 3. The first-order valence-corrected chi connectivity index (χ1v) is 10.7. The monoisotopic (exact) mass is 458 g/mol. The maximum atomic E-state index is 13.1. The van der Waals surface area contributed by atoms with Crippen LogP contribution in [0, 0.1) is 0 Å². The molecule has 0 saturated carbocycles. The Bertz CT molecular complexity index is 936. The van der Waals surface area contributed by atoms with Gasteiger partial charge in [-0.15, -0.1) is 0 Å². The molecule has 11 nitrogen and oxygen atoms in total. The Morgan fingerprint density at radius 2 is 1.91 bits per heavy atom. The second-order valence-corrected chi connectivity index (χ2v) is 8.02. The van der Waals surface area contributed by atoms with E-state index in [2.05, 4.69) is 10.6 Å². The lowest BCUT2D eigenvalue weighted by Gasteiger charge is -2.47. The Balaban J connectivity index is 1.67. The number of hydrogen-bond acceptors (Lipinski definition) is 6. The van der Waals surface area contributed by atoms with Gasteiger partial charge in [0.1, 0.15) is 18.4 Å². The molecule has 2 saturated heterocycles. The van der Waals surface area contributed by atoms with Gasteiger partial charge in [0.2, 0.25) is 17.7 Å². The van der Waals surface area contributed by atoms with Crippen LogP contribution in [0.1, 0.15) is 37.7 Å². The van der Waals surface area contributed by atoms with E-state index in [1.807, 2.05) is 30.3 Å². The Labute approximate surface area is 190 Å². The molecule has 2 fully saturated rings. The van der Waals surface area contributed by atoms with Crippen molar-refractivity contribution in [3.05, 3.63) is 35.9 Å². The standard InChI is InChI=1S/C22H26N4O7/c27-13-15(11-20(30)31)23-21(32)17-7-4-10-25-19(29)12-16(22(33)26(17)25)24-18(28)9-8-14-5-2-1-3-6-14/h1-3,5-6,13,15-17H,4,7-12H2,(H,23,32)(H,24,28)(H,30,31)/t15-,16+,17-/m0/s1. The number of benzene rings is 1. The molecule has 11 heteroatoms. The van der Waals surface area contributed by atoms with Crippen LogP contribution in [-0.2, 0) is 35.2 Å². The number of nitrogens with one attached hydrogen (secondary N) is 2. The lowest BCUT2D eigenvalue weighted by molar-refractivity contribution is -0.186. The van der Waals surface area contributed by atoms with Crippen LogP contribution in [0.3, 0.4) is 0 Å². The van der Waals surface area contributed by atoms with Crippen molar-refractivity contribution in [2.45, 2.75) is 56.7 Å². The average molecular weight is 458 g/mol. The lowest BCUT2D eigenvalue weighted by atomic mass is 10.0. The average Bonchev–Trinajstić information content (AvgIpc) is 2.80. The molecule has 3 atom stereocenters. The van der Waals surface area contributed by atoms with E-state index in [0.29, 0.717) is 19.1 Å². The summed E-state index contributed by atoms with van der Waals surface area (Å²) in [6.45, 7) is 0.245. The molecule has 2 aliphatic heterocycles. The normalized spacial score (nSPS) is 21.1. The molecule has 0 unspecified atom stereocenters. The van der Waals surface area contributed by atoms with Crippen molar-refractivity contribution in [3.8, 4) is 0 Å². The van der Waals surface area contributed by atoms with Crippen molar-refractivity contribution in [1.82, 2.24) is 20.7 Å². The summed E-state index contributed by atoms with van der Waals surface area (Å²) in [4.78, 5) is 73.0. The van der Waals surface area contributed by atoms with E-state index >= 15 is 0 Å². The Morgan fingerprint density at radius 1 is 1.18 bits per heavy atom. The highest BCUT2D eigenvalue weighted by Crippen LogP contribution is 2.25. The number of carboxylic acid groups (broad SMARTS) is 1. The second kappa shape index (κ2) is 10.7. The van der Waals surface area contributed by atoms with Crippen LogP contribution < -0.4 is 10.6 Å². The zero-order chi connectivity index (χ0) is 24.0. The van der Waals surface area contributed by atoms with Crippen molar-refractivity contribution < 1.29 is 33.9 Å². The molecule has 2 aliphatic rings. The first kappa shape index (κ1) is 23.9. The highest BCUT2D eigenvalue weighted by Gasteiger charge is 2.47. The minimum Gasteiger partial charge on any atom is -0.481 e. The zero-order valence-electron chi connectivity index (χ0n) is 17.9. The molecule has 33 heavy (non-hydrogen) atoms. The minimum absolute atomic E-state index is 0.131. The zero-order valence-corrected chi connectivity index (χ0v) is 17.9. The number of carbonyl (C=O) groups excluding carboxylic acids is 5. The minimum atomic E-state index is -1.26. The van der Waals surface area contributed by atoms with Gasteiger partial charge in [0.05, 0.1) is 18.9 Å². The number of amides is 4. The van der Waals surface area contributed by atoms with Crippen molar-refractivity contribution in [2.75, 3.05) is 6.54 Å². The van der Waals surface area contributed by atoms with Gasteiger partial charge in [-0.05, 0) is 24.8 Å². The summed E-state index contributed by atoms with van der Waals surface area (Å²) >= 11 is 0. The van der Waals surface area contributed by atoms with Gasteiger partial charge >= 0.3 is 5.97 Å². The molecule has 3 N–H and O–H groups in total. The molecule has 0 aliphatic carbocycles. The molecule has 2 heterocycles. The predicted octanol–water partition coefficient (Wildman–Crippen LogP) is -0.599. The number of rotatable bonds is 9. The molecule has 1 aromatic carbocycles. The SMILES string of the molecule is O=C[C@H](CC(=O)O)NC(=O)[C@@H]1CCCN2C(=O)C[C@@H](NC(=O)CCc3ccccc3)C(=O)N12. The molecule has 1 aromatic rings. The topological polar surface area (TPSA) is 153 Å². The fourth-order valence-electron chi connectivity index (χ4n) is 4.00. The van der Waals surface area contributed by atoms with Crippen molar-refractivity contribution in [1.29, 1.82) is 0 Å². The summed E-state index contributed by atoms with van der Waals surface area (Å²) in [6.07, 6.45) is 0.785. The molecule has 176 valence electrons. The van der Waals surface area contributed by atoms with E-state index in [1.165, 1.54) is 5.01 Å². The number of aryl methyl sites for hydroxylation is 1. The highest BCUT2D eigenvalue weighted by atomic mass is 16.4. The molecular formula is C22H26N4O7. The van der Waals surface area contributed by atoms with Gasteiger partial charge in [-0.2, -0.15) is 0 Å². The quantitative estimate of drug-likeness (QED) is 0.418. The number of fused-ring (bicyclic) bond motifs is 1. The van der Waals surface area contributed by atoms with E-state index < -0.39 is 48.2 Å². The van der Waals surface area contributed by atoms with Crippen LogP contribution in [-0.4, -0.2) is 75.7 Å². The summed E-state index contributed by atoms with van der Waals surface area (Å²) in [5, 5.41) is 16.0. The van der Waals surface area contributed by atoms with Gasteiger partial charge in [-0.3, -0.25) is 29.0 Å². The lowest BCUT2D eigenvalue weighted by Crippen LogP contribution is -2.69. The Morgan fingerprint density at radius 3 is 2.58 bits per heavy atom. The summed E-state index contributed by atoms with van der Waals surface area (Å²) in [7, 11) is 0. The van der Waals surface area contributed by atoms with Crippen LogP contribution in [0.5, 0.6) is 0 Å². The number of carboxylic acids is 1. The third kappa shape index (κ3) is 5.93. The molecule has 4 amide bonds. The van der Waals surface area contributed by atoms with Crippen LogP contribution >= 0.6 is 0 Å². The van der Waals surface area contributed by atoms with Crippen LogP contribution in [0.15, 0.2) is 30.3 Å². The smallest absolute Gasteiger partial charge is 0.305 e. The Kier molecular flexibility index (Phi) is 7.75. The van der Waals surface area contributed by atoms with E-state index in [-0.39, 0.29) is 31.7 Å². The fraction of sp³-hybridized carbons (Fsp3) is 0.455. The second-order valence-electron chi connectivity index (χ2n) is 8.02. The van der Waals surface area contributed by atoms with Gasteiger partial charge in [0, 0.05) is 13.0 Å². The van der Waals surface area contributed by atoms with Gasteiger partial charge in [-0.25, -0.2) is 5.01 Å². The fourth-order valence-corrected chi connectivity index (χ4v) is 4.00. The van der Waals surface area contributed by atoms with Crippen molar-refractivity contribution in [3.63, 3.8) is 0 Å². The number of aldehydes is 1. The van der Waals surface area contributed by atoms with Crippen LogP contribution in [0.25, 0.3) is 0 Å². The van der Waals surface area contributed by atoms with Crippen molar-refractivity contribution >= 4 is 35.9 Å². The number of hydrazine groups is 1. The van der Waals surface area contributed by atoms with E-state index in [9.17, 15) is 28.8 Å². The van der Waals surface area contributed by atoms with E-state index in [1.54, 1.807) is 0 Å². The molecule has 0 aromatic heterocycles. The van der Waals surface area contributed by atoms with Crippen LogP contribution in [0.4, 0.5) is 0 Å².